The van der Waals surface area contributed by atoms with Crippen molar-refractivity contribution in [3.63, 3.8) is 0 Å². The molecule has 0 bridgehead atoms. The number of rotatable bonds is 11. The summed E-state index contributed by atoms with van der Waals surface area (Å²) in [6.45, 7) is 9.11. The highest BCUT2D eigenvalue weighted by atomic mass is 127. The van der Waals surface area contributed by atoms with E-state index in [0.717, 1.165) is 44.2 Å². The average Bonchev–Trinajstić information content (AvgIpc) is 2.66. The van der Waals surface area contributed by atoms with E-state index < -0.39 is 0 Å². The van der Waals surface area contributed by atoms with E-state index in [-0.39, 0.29) is 29.9 Å². The topological polar surface area (TPSA) is 74.8 Å². The van der Waals surface area contributed by atoms with E-state index in [2.05, 4.69) is 40.0 Å². The minimum absolute atomic E-state index is 0. The fourth-order valence-corrected chi connectivity index (χ4v) is 2.46. The van der Waals surface area contributed by atoms with Crippen molar-refractivity contribution in [2.45, 2.75) is 46.0 Å². The molecule has 1 unspecified atom stereocenters. The van der Waals surface area contributed by atoms with Crippen molar-refractivity contribution in [2.75, 3.05) is 33.3 Å². The van der Waals surface area contributed by atoms with Gasteiger partial charge in [0, 0.05) is 32.6 Å². The Morgan fingerprint density at radius 3 is 2.41 bits per heavy atom. The van der Waals surface area contributed by atoms with E-state index in [0.29, 0.717) is 18.9 Å². The van der Waals surface area contributed by atoms with Gasteiger partial charge in [-0.15, -0.1) is 24.0 Å². The van der Waals surface area contributed by atoms with Crippen molar-refractivity contribution in [2.24, 2.45) is 4.99 Å². The van der Waals surface area contributed by atoms with E-state index in [1.54, 1.807) is 7.11 Å². The second-order valence-corrected chi connectivity index (χ2v) is 6.25. The number of carbonyl (C=O) groups is 1. The molecule has 1 aromatic carbocycles. The molecular weight excluding hydrogens is 455 g/mol. The fourth-order valence-electron chi connectivity index (χ4n) is 2.46. The lowest BCUT2D eigenvalue weighted by Crippen LogP contribution is -2.39. The maximum atomic E-state index is 11.6. The Bertz CT molecular complexity index is 549. The van der Waals surface area contributed by atoms with Crippen LogP contribution >= 0.6 is 24.0 Å². The quantitative estimate of drug-likeness (QED) is 0.253. The molecule has 0 spiro atoms. The molecule has 0 aliphatic rings. The third-order valence-corrected chi connectivity index (χ3v) is 4.08. The third kappa shape index (κ3) is 11.0. The summed E-state index contributed by atoms with van der Waals surface area (Å²) in [7, 11) is 1.68. The van der Waals surface area contributed by atoms with Gasteiger partial charge < -0.3 is 20.7 Å². The van der Waals surface area contributed by atoms with Gasteiger partial charge in [-0.25, -0.2) is 0 Å². The second kappa shape index (κ2) is 15.5. The molecule has 1 aromatic rings. The molecule has 27 heavy (non-hydrogen) atoms. The molecule has 0 saturated carbocycles. The number of amides is 1. The Morgan fingerprint density at radius 1 is 1.11 bits per heavy atom. The molecule has 154 valence electrons. The van der Waals surface area contributed by atoms with Crippen molar-refractivity contribution in [3.8, 4) is 5.75 Å². The van der Waals surface area contributed by atoms with Crippen LogP contribution in [0.4, 0.5) is 0 Å². The van der Waals surface area contributed by atoms with Crippen molar-refractivity contribution in [3.05, 3.63) is 29.8 Å². The number of methoxy groups -OCH3 is 1. The number of ether oxygens (including phenoxy) is 1. The minimum atomic E-state index is 0. The predicted molar refractivity (Wildman–Crippen MR) is 123 cm³/mol. The summed E-state index contributed by atoms with van der Waals surface area (Å²) < 4.78 is 5.20. The monoisotopic (exact) mass is 490 g/mol. The van der Waals surface area contributed by atoms with E-state index in [1.165, 1.54) is 5.56 Å². The highest BCUT2D eigenvalue weighted by molar-refractivity contribution is 14.0. The number of nitrogens with zero attached hydrogens (tertiary/aromatic N) is 1. The second-order valence-electron chi connectivity index (χ2n) is 6.25. The predicted octanol–water partition coefficient (Wildman–Crippen LogP) is 3.28. The zero-order valence-corrected chi connectivity index (χ0v) is 19.3. The van der Waals surface area contributed by atoms with Crippen LogP contribution in [0, 0.1) is 0 Å². The number of aliphatic imine (C=N–C) groups is 1. The number of benzene rings is 1. The molecule has 0 fully saturated rings. The Morgan fingerprint density at radius 2 is 1.81 bits per heavy atom. The van der Waals surface area contributed by atoms with Gasteiger partial charge in [0.2, 0.25) is 5.91 Å². The van der Waals surface area contributed by atoms with Gasteiger partial charge in [-0.3, -0.25) is 9.79 Å². The first kappa shape index (κ1) is 25.5. The maximum absolute atomic E-state index is 11.6. The molecule has 6 nitrogen and oxygen atoms in total. The number of nitrogens with one attached hydrogen (secondary N) is 3. The lowest BCUT2D eigenvalue weighted by atomic mass is 9.98. The molecule has 0 aliphatic heterocycles. The van der Waals surface area contributed by atoms with Gasteiger partial charge >= 0.3 is 0 Å². The lowest BCUT2D eigenvalue weighted by Gasteiger charge is -2.13. The first-order valence-electron chi connectivity index (χ1n) is 9.53. The SMILES string of the molecule is CCCNC(=O)CCNC(=NCCC(C)c1ccc(OC)cc1)NCC.I. The van der Waals surface area contributed by atoms with E-state index in [9.17, 15) is 4.79 Å². The molecular formula is C20H35IN4O2. The van der Waals surface area contributed by atoms with Crippen LogP contribution in [0.15, 0.2) is 29.3 Å². The van der Waals surface area contributed by atoms with Gasteiger partial charge in [-0.05, 0) is 43.4 Å². The summed E-state index contributed by atoms with van der Waals surface area (Å²) in [4.78, 5) is 16.2. The number of hydrogen-bond donors (Lipinski definition) is 3. The molecule has 0 saturated heterocycles. The van der Waals surface area contributed by atoms with Crippen LogP contribution < -0.4 is 20.7 Å². The highest BCUT2D eigenvalue weighted by Crippen LogP contribution is 2.21. The number of carbonyl (C=O) groups excluding carboxylic acids is 1. The van der Waals surface area contributed by atoms with Gasteiger partial charge in [-0.1, -0.05) is 26.0 Å². The number of guanidine groups is 1. The Balaban J connectivity index is 0.00000676. The molecule has 7 heteroatoms. The van der Waals surface area contributed by atoms with Crippen molar-refractivity contribution < 1.29 is 9.53 Å². The summed E-state index contributed by atoms with van der Waals surface area (Å²) in [5.74, 6) is 2.13. The Labute approximate surface area is 181 Å². The summed E-state index contributed by atoms with van der Waals surface area (Å²) in [6.07, 6.45) is 2.36. The molecule has 1 atom stereocenters. The average molecular weight is 490 g/mol. The molecule has 0 heterocycles. The Kier molecular flexibility index (Phi) is 14.7. The summed E-state index contributed by atoms with van der Waals surface area (Å²) in [5, 5.41) is 9.31. The number of hydrogen-bond acceptors (Lipinski definition) is 3. The Hall–Kier alpha value is -1.51. The van der Waals surface area contributed by atoms with Gasteiger partial charge in [0.05, 0.1) is 7.11 Å². The molecule has 0 aliphatic carbocycles. The maximum Gasteiger partial charge on any atom is 0.221 e. The van der Waals surface area contributed by atoms with Gasteiger partial charge in [0.1, 0.15) is 5.75 Å². The molecule has 0 aromatic heterocycles. The molecule has 0 radical (unpaired) electrons. The minimum Gasteiger partial charge on any atom is -0.497 e. The fraction of sp³-hybridized carbons (Fsp3) is 0.600. The van der Waals surface area contributed by atoms with E-state index >= 15 is 0 Å². The van der Waals surface area contributed by atoms with Crippen LogP contribution in [0.2, 0.25) is 0 Å². The summed E-state index contributed by atoms with van der Waals surface area (Å²) >= 11 is 0. The highest BCUT2D eigenvalue weighted by Gasteiger charge is 2.06. The third-order valence-electron chi connectivity index (χ3n) is 4.08. The first-order chi connectivity index (χ1) is 12.6. The summed E-state index contributed by atoms with van der Waals surface area (Å²) in [5.41, 5.74) is 1.28. The van der Waals surface area contributed by atoms with Crippen LogP contribution in [-0.4, -0.2) is 45.2 Å². The molecule has 3 N–H and O–H groups in total. The van der Waals surface area contributed by atoms with Crippen LogP contribution in [0.25, 0.3) is 0 Å². The van der Waals surface area contributed by atoms with E-state index in [4.69, 9.17) is 4.74 Å². The largest absolute Gasteiger partial charge is 0.497 e. The van der Waals surface area contributed by atoms with Crippen LogP contribution in [-0.2, 0) is 4.79 Å². The molecule has 1 rings (SSSR count). The van der Waals surface area contributed by atoms with Crippen molar-refractivity contribution in [1.82, 2.24) is 16.0 Å². The number of halogens is 1. The van der Waals surface area contributed by atoms with Gasteiger partial charge in [0.15, 0.2) is 5.96 Å². The van der Waals surface area contributed by atoms with Crippen molar-refractivity contribution >= 4 is 35.8 Å². The zero-order valence-electron chi connectivity index (χ0n) is 17.0. The van der Waals surface area contributed by atoms with Crippen LogP contribution in [0.3, 0.4) is 0 Å². The first-order valence-corrected chi connectivity index (χ1v) is 9.53. The zero-order chi connectivity index (χ0) is 19.2. The van der Waals surface area contributed by atoms with Crippen molar-refractivity contribution in [1.29, 1.82) is 0 Å². The summed E-state index contributed by atoms with van der Waals surface area (Å²) in [6, 6.07) is 8.19. The van der Waals surface area contributed by atoms with E-state index in [1.807, 2.05) is 26.0 Å². The lowest BCUT2D eigenvalue weighted by molar-refractivity contribution is -0.120. The normalized spacial score (nSPS) is 11.9. The van der Waals surface area contributed by atoms with Gasteiger partial charge in [-0.2, -0.15) is 0 Å². The molecule has 1 amide bonds. The smallest absolute Gasteiger partial charge is 0.221 e. The standard InChI is InChI=1S/C20H34N4O2.HI/c1-5-13-22-19(25)12-15-24-20(21-6-2)23-14-11-16(3)17-7-9-18(26-4)10-8-17;/h7-10,16H,5-6,11-15H2,1-4H3,(H,22,25)(H2,21,23,24);1H. The van der Waals surface area contributed by atoms with Gasteiger partial charge in [0.25, 0.3) is 0 Å². The van der Waals surface area contributed by atoms with Crippen LogP contribution in [0.5, 0.6) is 5.75 Å². The van der Waals surface area contributed by atoms with Crippen LogP contribution in [0.1, 0.15) is 51.5 Å².